The standard InChI is InChI=1S/C16H22F2N2O2/c1-16(2,22)14-4-3-5-20(14)10-15(21)19-9-11-6-12(17)8-13(18)7-11/h6-8,14,22H,3-5,9-10H2,1-2H3,(H,19,21). The summed E-state index contributed by atoms with van der Waals surface area (Å²) in [6.07, 6.45) is 1.79. The Labute approximate surface area is 129 Å². The molecular weight excluding hydrogens is 290 g/mol. The number of halogens is 2. The second kappa shape index (κ2) is 6.71. The Balaban J connectivity index is 1.88. The van der Waals surface area contributed by atoms with E-state index in [1.54, 1.807) is 13.8 Å². The van der Waals surface area contributed by atoms with Crippen molar-refractivity contribution in [3.8, 4) is 0 Å². The number of hydrogen-bond acceptors (Lipinski definition) is 3. The molecule has 6 heteroatoms. The van der Waals surface area contributed by atoms with Crippen LogP contribution in [0, 0.1) is 11.6 Å². The maximum absolute atomic E-state index is 13.1. The van der Waals surface area contributed by atoms with E-state index >= 15 is 0 Å². The molecule has 1 aromatic carbocycles. The predicted octanol–water partition coefficient (Wildman–Crippen LogP) is 1.82. The fourth-order valence-corrected chi connectivity index (χ4v) is 2.97. The lowest BCUT2D eigenvalue weighted by molar-refractivity contribution is -0.123. The van der Waals surface area contributed by atoms with Crippen molar-refractivity contribution in [3.63, 3.8) is 0 Å². The molecule has 4 nitrogen and oxygen atoms in total. The molecule has 0 aromatic heterocycles. The lowest BCUT2D eigenvalue weighted by atomic mass is 9.97. The number of amides is 1. The molecule has 0 bridgehead atoms. The van der Waals surface area contributed by atoms with Crippen molar-refractivity contribution in [3.05, 3.63) is 35.4 Å². The Morgan fingerprint density at radius 3 is 2.59 bits per heavy atom. The van der Waals surface area contributed by atoms with E-state index in [1.807, 2.05) is 4.90 Å². The van der Waals surface area contributed by atoms with Gasteiger partial charge in [0, 0.05) is 18.7 Å². The second-order valence-electron chi connectivity index (χ2n) is 6.34. The molecule has 1 unspecified atom stereocenters. The van der Waals surface area contributed by atoms with Gasteiger partial charge in [0.25, 0.3) is 0 Å². The third-order valence-corrected chi connectivity index (χ3v) is 3.94. The molecule has 2 rings (SSSR count). The SMILES string of the molecule is CC(C)(O)C1CCCN1CC(=O)NCc1cc(F)cc(F)c1. The zero-order valence-electron chi connectivity index (χ0n) is 12.9. The molecule has 0 spiro atoms. The third kappa shape index (κ3) is 4.48. The molecular formula is C16H22F2N2O2. The van der Waals surface area contributed by atoms with Gasteiger partial charge < -0.3 is 10.4 Å². The molecule has 2 N–H and O–H groups in total. The van der Waals surface area contributed by atoms with E-state index in [9.17, 15) is 18.7 Å². The average Bonchev–Trinajstić information content (AvgIpc) is 2.83. The van der Waals surface area contributed by atoms with Crippen molar-refractivity contribution in [2.75, 3.05) is 13.1 Å². The molecule has 1 aliphatic heterocycles. The van der Waals surface area contributed by atoms with Crippen LogP contribution in [0.3, 0.4) is 0 Å². The van der Waals surface area contributed by atoms with E-state index in [0.717, 1.165) is 25.5 Å². The Morgan fingerprint density at radius 1 is 1.36 bits per heavy atom. The molecule has 1 aliphatic rings. The fraction of sp³-hybridized carbons (Fsp3) is 0.562. The number of carbonyl (C=O) groups excluding carboxylic acids is 1. The van der Waals surface area contributed by atoms with E-state index in [-0.39, 0.29) is 25.0 Å². The van der Waals surface area contributed by atoms with Gasteiger partial charge in [-0.2, -0.15) is 0 Å². The summed E-state index contributed by atoms with van der Waals surface area (Å²) in [5.41, 5.74) is -0.478. The van der Waals surface area contributed by atoms with Gasteiger partial charge in [0.2, 0.25) is 5.91 Å². The van der Waals surface area contributed by atoms with Crippen molar-refractivity contribution in [2.45, 2.75) is 44.9 Å². The van der Waals surface area contributed by atoms with Gasteiger partial charge in [-0.3, -0.25) is 9.69 Å². The van der Waals surface area contributed by atoms with Gasteiger partial charge in [-0.1, -0.05) is 0 Å². The summed E-state index contributed by atoms with van der Waals surface area (Å²) in [7, 11) is 0. The highest BCUT2D eigenvalue weighted by atomic mass is 19.1. The van der Waals surface area contributed by atoms with E-state index in [1.165, 1.54) is 12.1 Å². The van der Waals surface area contributed by atoms with Crippen LogP contribution in [-0.4, -0.2) is 40.6 Å². The highest BCUT2D eigenvalue weighted by Gasteiger charge is 2.36. The number of nitrogens with zero attached hydrogens (tertiary/aromatic N) is 1. The number of hydrogen-bond donors (Lipinski definition) is 2. The monoisotopic (exact) mass is 312 g/mol. The van der Waals surface area contributed by atoms with Crippen molar-refractivity contribution in [1.82, 2.24) is 10.2 Å². The molecule has 0 radical (unpaired) electrons. The molecule has 1 heterocycles. The Hall–Kier alpha value is -1.53. The van der Waals surface area contributed by atoms with Crippen LogP contribution in [0.1, 0.15) is 32.3 Å². The Kier molecular flexibility index (Phi) is 5.13. The Bertz CT molecular complexity index is 523. The first kappa shape index (κ1) is 16.8. The molecule has 22 heavy (non-hydrogen) atoms. The zero-order valence-corrected chi connectivity index (χ0v) is 12.9. The Morgan fingerprint density at radius 2 is 2.00 bits per heavy atom. The molecule has 1 amide bonds. The average molecular weight is 312 g/mol. The summed E-state index contributed by atoms with van der Waals surface area (Å²) in [6.45, 7) is 4.49. The van der Waals surface area contributed by atoms with Crippen LogP contribution in [0.4, 0.5) is 8.78 Å². The smallest absolute Gasteiger partial charge is 0.234 e. The summed E-state index contributed by atoms with van der Waals surface area (Å²) >= 11 is 0. The summed E-state index contributed by atoms with van der Waals surface area (Å²) in [4.78, 5) is 13.9. The van der Waals surface area contributed by atoms with Crippen LogP contribution < -0.4 is 5.32 Å². The molecule has 0 saturated carbocycles. The topological polar surface area (TPSA) is 52.6 Å². The van der Waals surface area contributed by atoms with Crippen LogP contribution in [0.2, 0.25) is 0 Å². The van der Waals surface area contributed by atoms with Crippen LogP contribution in [0.25, 0.3) is 0 Å². The maximum Gasteiger partial charge on any atom is 0.234 e. The number of carbonyl (C=O) groups is 1. The predicted molar refractivity (Wildman–Crippen MR) is 79.1 cm³/mol. The minimum absolute atomic E-state index is 0.0511. The second-order valence-corrected chi connectivity index (χ2v) is 6.34. The van der Waals surface area contributed by atoms with Gasteiger partial charge in [0.15, 0.2) is 0 Å². The first-order valence-corrected chi connectivity index (χ1v) is 7.44. The van der Waals surface area contributed by atoms with Gasteiger partial charge in [0.05, 0.1) is 12.1 Å². The van der Waals surface area contributed by atoms with Gasteiger partial charge >= 0.3 is 0 Å². The third-order valence-electron chi connectivity index (χ3n) is 3.94. The van der Waals surface area contributed by atoms with Gasteiger partial charge in [-0.25, -0.2) is 8.78 Å². The lowest BCUT2D eigenvalue weighted by Crippen LogP contribution is -2.48. The molecule has 122 valence electrons. The summed E-state index contributed by atoms with van der Waals surface area (Å²) in [5, 5.41) is 12.8. The highest BCUT2D eigenvalue weighted by Crippen LogP contribution is 2.26. The molecule has 0 aliphatic carbocycles. The summed E-state index contributed by atoms with van der Waals surface area (Å²) in [6, 6.07) is 3.13. The van der Waals surface area contributed by atoms with Gasteiger partial charge in [0.1, 0.15) is 11.6 Å². The van der Waals surface area contributed by atoms with Crippen molar-refractivity contribution >= 4 is 5.91 Å². The minimum Gasteiger partial charge on any atom is -0.389 e. The van der Waals surface area contributed by atoms with E-state index < -0.39 is 17.2 Å². The van der Waals surface area contributed by atoms with Crippen LogP contribution in [0.5, 0.6) is 0 Å². The normalized spacial score (nSPS) is 19.4. The summed E-state index contributed by atoms with van der Waals surface area (Å²) < 4.78 is 26.1. The number of likely N-dealkylation sites (tertiary alicyclic amines) is 1. The van der Waals surface area contributed by atoms with Gasteiger partial charge in [-0.15, -0.1) is 0 Å². The first-order valence-electron chi connectivity index (χ1n) is 7.44. The van der Waals surface area contributed by atoms with Crippen LogP contribution >= 0.6 is 0 Å². The quantitative estimate of drug-likeness (QED) is 0.872. The van der Waals surface area contributed by atoms with Crippen molar-refractivity contribution < 1.29 is 18.7 Å². The van der Waals surface area contributed by atoms with Crippen molar-refractivity contribution in [2.24, 2.45) is 0 Å². The largest absolute Gasteiger partial charge is 0.389 e. The van der Waals surface area contributed by atoms with E-state index in [0.29, 0.717) is 5.56 Å². The summed E-state index contributed by atoms with van der Waals surface area (Å²) in [5.74, 6) is -1.54. The van der Waals surface area contributed by atoms with Crippen LogP contribution in [-0.2, 0) is 11.3 Å². The van der Waals surface area contributed by atoms with E-state index in [2.05, 4.69) is 5.32 Å². The lowest BCUT2D eigenvalue weighted by Gasteiger charge is -2.33. The number of rotatable bonds is 5. The molecule has 1 fully saturated rings. The van der Waals surface area contributed by atoms with Crippen molar-refractivity contribution in [1.29, 1.82) is 0 Å². The molecule has 1 aromatic rings. The number of aliphatic hydroxyl groups is 1. The molecule has 1 saturated heterocycles. The van der Waals surface area contributed by atoms with Crippen LogP contribution in [0.15, 0.2) is 18.2 Å². The zero-order chi connectivity index (χ0) is 16.3. The maximum atomic E-state index is 13.1. The first-order chi connectivity index (χ1) is 10.3. The fourth-order valence-electron chi connectivity index (χ4n) is 2.97. The number of nitrogens with one attached hydrogen (secondary N) is 1. The number of benzene rings is 1. The minimum atomic E-state index is -0.859. The van der Waals surface area contributed by atoms with E-state index in [4.69, 9.17) is 0 Å². The molecule has 1 atom stereocenters. The van der Waals surface area contributed by atoms with Gasteiger partial charge in [-0.05, 0) is 50.9 Å². The highest BCUT2D eigenvalue weighted by molar-refractivity contribution is 5.78.